The fourth-order valence-corrected chi connectivity index (χ4v) is 1.44. The van der Waals surface area contributed by atoms with Crippen LogP contribution in [0, 0.1) is 12.3 Å². The zero-order valence-corrected chi connectivity index (χ0v) is 9.41. The van der Waals surface area contributed by atoms with Crippen LogP contribution in [0.25, 0.3) is 5.69 Å². The summed E-state index contributed by atoms with van der Waals surface area (Å²) in [5.74, 6) is 1.28. The highest BCUT2D eigenvalue weighted by Crippen LogP contribution is 2.19. The van der Waals surface area contributed by atoms with Gasteiger partial charge >= 0.3 is 5.97 Å². The first-order chi connectivity index (χ1) is 8.72. The molecule has 2 aromatic rings. The van der Waals surface area contributed by atoms with Crippen molar-refractivity contribution in [1.82, 2.24) is 9.78 Å². The smallest absolute Gasteiger partial charge is 0.360 e. The molecule has 0 radical (unpaired) electrons. The lowest BCUT2D eigenvalue weighted by atomic mass is 10.3. The van der Waals surface area contributed by atoms with Crippen molar-refractivity contribution < 1.29 is 14.6 Å². The number of aromatic nitrogens is 2. The SMILES string of the molecule is C#CCOc1cn(-c2ccccc2)nc1C(=O)O. The van der Waals surface area contributed by atoms with Crippen LogP contribution in [0.2, 0.25) is 0 Å². The van der Waals surface area contributed by atoms with Crippen molar-refractivity contribution in [3.05, 3.63) is 42.2 Å². The van der Waals surface area contributed by atoms with Gasteiger partial charge in [0.25, 0.3) is 0 Å². The van der Waals surface area contributed by atoms with Crippen molar-refractivity contribution in [1.29, 1.82) is 0 Å². The fraction of sp³-hybridized carbons (Fsp3) is 0.0769. The van der Waals surface area contributed by atoms with Crippen molar-refractivity contribution in [3.63, 3.8) is 0 Å². The summed E-state index contributed by atoms with van der Waals surface area (Å²) in [5, 5.41) is 13.0. The molecule has 0 unspecified atom stereocenters. The molecule has 5 heteroatoms. The second kappa shape index (κ2) is 5.06. The van der Waals surface area contributed by atoms with Gasteiger partial charge in [-0.15, -0.1) is 6.42 Å². The molecule has 0 fully saturated rings. The second-order valence-corrected chi connectivity index (χ2v) is 3.42. The molecule has 2 rings (SSSR count). The Morgan fingerprint density at radius 2 is 2.17 bits per heavy atom. The van der Waals surface area contributed by atoms with Crippen molar-refractivity contribution >= 4 is 5.97 Å². The molecule has 0 aliphatic rings. The van der Waals surface area contributed by atoms with Crippen LogP contribution in [-0.2, 0) is 0 Å². The number of rotatable bonds is 4. The summed E-state index contributed by atoms with van der Waals surface area (Å²) in [7, 11) is 0. The van der Waals surface area contributed by atoms with Crippen molar-refractivity contribution in [2.75, 3.05) is 6.61 Å². The van der Waals surface area contributed by atoms with Crippen LogP contribution in [0.3, 0.4) is 0 Å². The Hall–Kier alpha value is -2.74. The van der Waals surface area contributed by atoms with E-state index in [1.54, 1.807) is 0 Å². The Bertz CT molecular complexity index is 596. The van der Waals surface area contributed by atoms with Gasteiger partial charge in [0, 0.05) is 0 Å². The topological polar surface area (TPSA) is 64.4 Å². The summed E-state index contributed by atoms with van der Waals surface area (Å²) < 4.78 is 6.59. The molecule has 1 heterocycles. The van der Waals surface area contributed by atoms with E-state index in [2.05, 4.69) is 11.0 Å². The number of carboxylic acids is 1. The molecule has 1 N–H and O–H groups in total. The van der Waals surface area contributed by atoms with Crippen LogP contribution in [0.5, 0.6) is 5.75 Å². The highest BCUT2D eigenvalue weighted by atomic mass is 16.5. The maximum absolute atomic E-state index is 11.0. The first kappa shape index (κ1) is 11.7. The van der Waals surface area contributed by atoms with Gasteiger partial charge in [0.15, 0.2) is 5.75 Å². The van der Waals surface area contributed by atoms with Crippen molar-refractivity contribution in [3.8, 4) is 23.8 Å². The lowest BCUT2D eigenvalue weighted by Gasteiger charge is -1.98. The molecular formula is C13H10N2O3. The molecule has 1 aromatic heterocycles. The van der Waals surface area contributed by atoms with E-state index in [9.17, 15) is 4.79 Å². The van der Waals surface area contributed by atoms with Crippen molar-refractivity contribution in [2.24, 2.45) is 0 Å². The number of hydrogen-bond acceptors (Lipinski definition) is 3. The minimum atomic E-state index is -1.16. The molecule has 5 nitrogen and oxygen atoms in total. The van der Waals surface area contributed by atoms with E-state index >= 15 is 0 Å². The summed E-state index contributed by atoms with van der Waals surface area (Å²) in [6, 6.07) is 9.15. The quantitative estimate of drug-likeness (QED) is 0.827. The fourth-order valence-electron chi connectivity index (χ4n) is 1.44. The third kappa shape index (κ3) is 2.33. The van der Waals surface area contributed by atoms with Gasteiger partial charge in [-0.25, -0.2) is 9.48 Å². The zero-order valence-electron chi connectivity index (χ0n) is 9.41. The number of aromatic carboxylic acids is 1. The summed E-state index contributed by atoms with van der Waals surface area (Å²) in [4.78, 5) is 11.0. The van der Waals surface area contributed by atoms with Gasteiger partial charge in [-0.3, -0.25) is 0 Å². The summed E-state index contributed by atoms with van der Waals surface area (Å²) >= 11 is 0. The molecular weight excluding hydrogens is 232 g/mol. The third-order valence-corrected chi connectivity index (χ3v) is 2.21. The number of para-hydroxylation sites is 1. The first-order valence-corrected chi connectivity index (χ1v) is 5.17. The first-order valence-electron chi connectivity index (χ1n) is 5.17. The Labute approximate surface area is 104 Å². The van der Waals surface area contributed by atoms with Crippen LogP contribution >= 0.6 is 0 Å². The summed E-state index contributed by atoms with van der Waals surface area (Å²) in [5.41, 5.74) is 0.588. The molecule has 90 valence electrons. The Balaban J connectivity index is 2.40. The van der Waals surface area contributed by atoms with Gasteiger partial charge in [-0.1, -0.05) is 24.1 Å². The van der Waals surface area contributed by atoms with E-state index in [4.69, 9.17) is 16.3 Å². The molecule has 0 atom stereocenters. The van der Waals surface area contributed by atoms with E-state index in [1.807, 2.05) is 30.3 Å². The predicted molar refractivity (Wildman–Crippen MR) is 64.9 cm³/mol. The van der Waals surface area contributed by atoms with Crippen molar-refractivity contribution in [2.45, 2.75) is 0 Å². The number of carboxylic acid groups (broad SMARTS) is 1. The average molecular weight is 242 g/mol. The number of benzene rings is 1. The number of nitrogens with zero attached hydrogens (tertiary/aromatic N) is 2. The molecule has 0 saturated carbocycles. The largest absolute Gasteiger partial charge is 0.477 e. The van der Waals surface area contributed by atoms with E-state index in [0.29, 0.717) is 0 Å². The minimum Gasteiger partial charge on any atom is -0.477 e. The normalized spacial score (nSPS) is 9.72. The molecule has 0 spiro atoms. The van der Waals surface area contributed by atoms with Gasteiger partial charge in [-0.05, 0) is 12.1 Å². The minimum absolute atomic E-state index is 0.000757. The highest BCUT2D eigenvalue weighted by Gasteiger charge is 2.17. The molecule has 0 aliphatic carbocycles. The predicted octanol–water partition coefficient (Wildman–Crippen LogP) is 1.58. The van der Waals surface area contributed by atoms with Crippen LogP contribution in [0.1, 0.15) is 10.5 Å². The zero-order chi connectivity index (χ0) is 13.0. The molecule has 0 amide bonds. The Morgan fingerprint density at radius 1 is 1.44 bits per heavy atom. The lowest BCUT2D eigenvalue weighted by Crippen LogP contribution is -2.03. The molecule has 0 saturated heterocycles. The van der Waals surface area contributed by atoms with Crippen LogP contribution < -0.4 is 4.74 Å². The number of terminal acetylenes is 1. The van der Waals surface area contributed by atoms with Crippen LogP contribution in [0.4, 0.5) is 0 Å². The van der Waals surface area contributed by atoms with Gasteiger partial charge in [-0.2, -0.15) is 5.10 Å². The molecule has 18 heavy (non-hydrogen) atoms. The summed E-state index contributed by atoms with van der Waals surface area (Å²) in [6.45, 7) is 0.000757. The standard InChI is InChI=1S/C13H10N2O3/c1-2-8-18-11-9-15(14-12(11)13(16)17)10-6-4-3-5-7-10/h1,3-7,9H,8H2,(H,16,17). The Morgan fingerprint density at radius 3 is 2.78 bits per heavy atom. The van der Waals surface area contributed by atoms with Crippen LogP contribution in [-0.4, -0.2) is 27.5 Å². The van der Waals surface area contributed by atoms with E-state index in [0.717, 1.165) is 5.69 Å². The van der Waals surface area contributed by atoms with E-state index in [-0.39, 0.29) is 18.1 Å². The van der Waals surface area contributed by atoms with Crippen LogP contribution in [0.15, 0.2) is 36.5 Å². The average Bonchev–Trinajstić information content (AvgIpc) is 2.81. The number of ether oxygens (including phenoxy) is 1. The monoisotopic (exact) mass is 242 g/mol. The maximum Gasteiger partial charge on any atom is 0.360 e. The van der Waals surface area contributed by atoms with Gasteiger partial charge in [0.05, 0.1) is 11.9 Å². The maximum atomic E-state index is 11.0. The highest BCUT2D eigenvalue weighted by molar-refractivity contribution is 5.88. The Kier molecular flexibility index (Phi) is 3.30. The van der Waals surface area contributed by atoms with Gasteiger partial charge in [0.1, 0.15) is 6.61 Å². The van der Waals surface area contributed by atoms with Gasteiger partial charge in [0.2, 0.25) is 5.69 Å². The van der Waals surface area contributed by atoms with Gasteiger partial charge < -0.3 is 9.84 Å². The number of carbonyl (C=O) groups is 1. The molecule has 0 aliphatic heterocycles. The lowest BCUT2D eigenvalue weighted by molar-refractivity contribution is 0.0686. The third-order valence-electron chi connectivity index (χ3n) is 2.21. The van der Waals surface area contributed by atoms with E-state index < -0.39 is 5.97 Å². The molecule has 0 bridgehead atoms. The number of hydrogen-bond donors (Lipinski definition) is 1. The van der Waals surface area contributed by atoms with E-state index in [1.165, 1.54) is 10.9 Å². The second-order valence-electron chi connectivity index (χ2n) is 3.42. The summed E-state index contributed by atoms with van der Waals surface area (Å²) in [6.07, 6.45) is 6.57. The molecule has 1 aromatic carbocycles.